The highest BCUT2D eigenvalue weighted by Crippen LogP contribution is 2.67. The van der Waals surface area contributed by atoms with E-state index in [-0.39, 0.29) is 21.4 Å². The summed E-state index contributed by atoms with van der Waals surface area (Å²) in [5.41, 5.74) is 0. The second-order valence-electron chi connectivity index (χ2n) is 4.73. The van der Waals surface area contributed by atoms with Gasteiger partial charge in [0.15, 0.2) is 0 Å². The number of hydrogen-bond donors (Lipinski definition) is 6. The van der Waals surface area contributed by atoms with Crippen LogP contribution in [0.3, 0.4) is 0 Å². The van der Waals surface area contributed by atoms with E-state index in [1.807, 2.05) is 4.93 Å². The molecule has 2 rings (SSSR count). The molecule has 2 aromatic heterocycles. The van der Waals surface area contributed by atoms with E-state index < -0.39 is 32.8 Å². The molecule has 0 spiro atoms. The van der Waals surface area contributed by atoms with Crippen LogP contribution in [0, 0.1) is 0 Å². The molecular formula is C13H27IN4O9P2. The molecule has 0 aliphatic rings. The maximum Gasteiger partial charge on any atom is 0.371 e. The number of carboxylic acid groups (broad SMARTS) is 1. The molecule has 0 saturated carbocycles. The van der Waals surface area contributed by atoms with Crippen LogP contribution < -0.4 is 0 Å². The van der Waals surface area contributed by atoms with Gasteiger partial charge in [0.2, 0.25) is 0 Å². The smallest absolute Gasteiger partial charge is 0.371 e. The van der Waals surface area contributed by atoms with Crippen molar-refractivity contribution in [3.05, 3.63) is 37.4 Å². The van der Waals surface area contributed by atoms with Gasteiger partial charge in [-0.05, 0) is 4.93 Å². The maximum atomic E-state index is 10.9. The summed E-state index contributed by atoms with van der Waals surface area (Å²) < 4.78 is 24.3. The van der Waals surface area contributed by atoms with Gasteiger partial charge in [0.05, 0.1) is 19.2 Å². The van der Waals surface area contributed by atoms with Crippen molar-refractivity contribution in [3.8, 4) is 0 Å². The standard InChI is InChI=1S/C5H10N2O7P2.C5H6N2O2.CH3I.2CH4/c8-5(15(9,10)11,16(12,13)14)3-7-2-1-6-4-7;8-5(9)3-7-2-1-6-4-7;1-2;;/h1-2,4,8H,3H2,(H2,9,10,11)(H2,12,13,14);1-2,4H,3H2,(H,8,9);1H3;2*1H4. The summed E-state index contributed by atoms with van der Waals surface area (Å²) in [5.74, 6) is -0.854. The van der Waals surface area contributed by atoms with E-state index in [0.717, 1.165) is 10.9 Å². The molecule has 0 aromatic carbocycles. The molecule has 0 radical (unpaired) electrons. The van der Waals surface area contributed by atoms with E-state index in [9.17, 15) is 19.0 Å². The van der Waals surface area contributed by atoms with Gasteiger partial charge in [0, 0.05) is 24.8 Å². The summed E-state index contributed by atoms with van der Waals surface area (Å²) in [7, 11) is -10.8. The molecule has 16 heteroatoms. The molecule has 0 aliphatic heterocycles. The highest BCUT2D eigenvalue weighted by atomic mass is 127. The Morgan fingerprint density at radius 3 is 1.62 bits per heavy atom. The topological polar surface area (TPSA) is 208 Å². The average molecular weight is 572 g/mol. The van der Waals surface area contributed by atoms with Crippen LogP contribution in [-0.4, -0.2) is 64.9 Å². The summed E-state index contributed by atoms with van der Waals surface area (Å²) in [6, 6.07) is 0. The number of hydrogen-bond acceptors (Lipinski definition) is 6. The van der Waals surface area contributed by atoms with E-state index in [1.165, 1.54) is 23.3 Å². The third-order valence-corrected chi connectivity index (χ3v) is 6.48. The van der Waals surface area contributed by atoms with Crippen LogP contribution in [0.4, 0.5) is 0 Å². The molecule has 0 saturated heterocycles. The van der Waals surface area contributed by atoms with Gasteiger partial charge in [-0.2, -0.15) is 0 Å². The lowest BCUT2D eigenvalue weighted by molar-refractivity contribution is -0.137. The SMILES string of the molecule is C.C.CI.O=C(O)Cn1ccnc1.O=P(O)(O)C(O)(Cn1ccnc1)P(=O)(O)O. The summed E-state index contributed by atoms with van der Waals surface area (Å²) in [4.78, 5) is 54.4. The summed E-state index contributed by atoms with van der Waals surface area (Å²) in [6.45, 7) is -0.971. The minimum atomic E-state index is -5.41. The minimum Gasteiger partial charge on any atom is -0.480 e. The Morgan fingerprint density at radius 1 is 0.966 bits per heavy atom. The van der Waals surface area contributed by atoms with Crippen LogP contribution >= 0.6 is 37.8 Å². The Labute approximate surface area is 181 Å². The van der Waals surface area contributed by atoms with Crippen molar-refractivity contribution in [1.29, 1.82) is 0 Å². The largest absolute Gasteiger partial charge is 0.480 e. The van der Waals surface area contributed by atoms with Crippen LogP contribution in [0.25, 0.3) is 0 Å². The van der Waals surface area contributed by atoms with E-state index in [1.54, 1.807) is 12.4 Å². The highest BCUT2D eigenvalue weighted by molar-refractivity contribution is 14.1. The number of aromatic nitrogens is 4. The van der Waals surface area contributed by atoms with Crippen LogP contribution in [0.5, 0.6) is 0 Å². The summed E-state index contributed by atoms with van der Waals surface area (Å²) >= 11 is 2.15. The highest BCUT2D eigenvalue weighted by Gasteiger charge is 2.59. The molecule has 0 bridgehead atoms. The summed E-state index contributed by atoms with van der Waals surface area (Å²) in [5, 5.41) is 14.3. The van der Waals surface area contributed by atoms with Crippen molar-refractivity contribution < 1.29 is 43.7 Å². The van der Waals surface area contributed by atoms with Gasteiger partial charge in [-0.25, -0.2) is 9.97 Å². The fourth-order valence-electron chi connectivity index (χ4n) is 1.52. The first-order valence-corrected chi connectivity index (χ1v) is 12.1. The van der Waals surface area contributed by atoms with E-state index in [0.29, 0.717) is 0 Å². The monoisotopic (exact) mass is 572 g/mol. The first-order valence-electron chi connectivity index (χ1n) is 6.71. The fraction of sp³-hybridized carbons (Fsp3) is 0.462. The molecular weight excluding hydrogens is 545 g/mol. The van der Waals surface area contributed by atoms with Crippen molar-refractivity contribution in [2.24, 2.45) is 0 Å². The molecule has 0 unspecified atom stereocenters. The number of imidazole rings is 2. The Morgan fingerprint density at radius 2 is 1.34 bits per heavy atom. The Hall–Kier alpha value is -1.12. The number of carboxylic acids is 1. The van der Waals surface area contributed by atoms with Crippen molar-refractivity contribution in [2.45, 2.75) is 33.0 Å². The van der Waals surface area contributed by atoms with Gasteiger partial charge in [-0.1, -0.05) is 37.4 Å². The zero-order valence-corrected chi connectivity index (χ0v) is 17.8. The summed E-state index contributed by atoms with van der Waals surface area (Å²) in [6.07, 6.45) is 8.12. The van der Waals surface area contributed by atoms with Gasteiger partial charge >= 0.3 is 21.2 Å². The number of aliphatic hydroxyl groups is 1. The second-order valence-corrected chi connectivity index (χ2v) is 8.73. The van der Waals surface area contributed by atoms with Crippen LogP contribution in [0.15, 0.2) is 37.4 Å². The zero-order valence-electron chi connectivity index (χ0n) is 13.8. The fourth-order valence-corrected chi connectivity index (χ4v) is 3.57. The van der Waals surface area contributed by atoms with E-state index in [2.05, 4.69) is 32.6 Å². The minimum absolute atomic E-state index is 0. The van der Waals surface area contributed by atoms with Gasteiger partial charge in [0.25, 0.3) is 5.08 Å². The molecule has 2 aromatic rings. The maximum absolute atomic E-state index is 10.9. The lowest BCUT2D eigenvalue weighted by Gasteiger charge is -2.29. The zero-order chi connectivity index (χ0) is 21.3. The molecule has 0 amide bonds. The molecule has 6 N–H and O–H groups in total. The predicted molar refractivity (Wildman–Crippen MR) is 115 cm³/mol. The Kier molecular flexibility index (Phi) is 15.7. The van der Waals surface area contributed by atoms with Crippen LogP contribution in [0.2, 0.25) is 0 Å². The van der Waals surface area contributed by atoms with Gasteiger partial charge in [0.1, 0.15) is 6.54 Å². The normalized spacial score (nSPS) is 10.9. The van der Waals surface area contributed by atoms with Crippen molar-refractivity contribution in [2.75, 3.05) is 4.93 Å². The third kappa shape index (κ3) is 10.5. The van der Waals surface area contributed by atoms with E-state index >= 15 is 0 Å². The van der Waals surface area contributed by atoms with Crippen molar-refractivity contribution in [1.82, 2.24) is 19.1 Å². The number of halogens is 1. The molecule has 170 valence electrons. The average Bonchev–Trinajstić information content (AvgIpc) is 3.21. The van der Waals surface area contributed by atoms with Crippen LogP contribution in [0.1, 0.15) is 14.9 Å². The number of carbonyl (C=O) groups is 1. The lowest BCUT2D eigenvalue weighted by Crippen LogP contribution is -2.33. The lowest BCUT2D eigenvalue weighted by atomic mass is 10.6. The molecule has 2 heterocycles. The van der Waals surface area contributed by atoms with E-state index in [4.69, 9.17) is 24.7 Å². The molecule has 29 heavy (non-hydrogen) atoms. The first-order chi connectivity index (χ1) is 12.4. The van der Waals surface area contributed by atoms with Gasteiger partial charge in [-0.15, -0.1) is 0 Å². The first kappa shape index (κ1) is 32.5. The Bertz CT molecular complexity index is 752. The predicted octanol–water partition coefficient (Wildman–Crippen LogP) is 1.18. The molecule has 0 aliphatic carbocycles. The molecule has 13 nitrogen and oxygen atoms in total. The van der Waals surface area contributed by atoms with Crippen molar-refractivity contribution >= 4 is 43.8 Å². The third-order valence-electron chi connectivity index (χ3n) is 2.76. The molecule has 0 atom stereocenters. The quantitative estimate of drug-likeness (QED) is 0.165. The van der Waals surface area contributed by atoms with Gasteiger partial charge in [-0.3, -0.25) is 13.9 Å². The Balaban J connectivity index is -0.000000447. The second kappa shape index (κ2) is 14.0. The van der Waals surface area contributed by atoms with Crippen molar-refractivity contribution in [3.63, 3.8) is 0 Å². The number of aliphatic carboxylic acids is 1. The number of alkyl halides is 1. The van der Waals surface area contributed by atoms with Crippen LogP contribution in [-0.2, 0) is 27.0 Å². The number of rotatable bonds is 6. The van der Waals surface area contributed by atoms with Gasteiger partial charge < -0.3 is 38.9 Å². The molecule has 0 fully saturated rings. The number of nitrogens with zero attached hydrogens (tertiary/aromatic N) is 4.